The molecule has 0 aliphatic rings. The van der Waals surface area contributed by atoms with Crippen molar-refractivity contribution in [1.29, 1.82) is 0 Å². The molecule has 0 saturated carbocycles. The van der Waals surface area contributed by atoms with Gasteiger partial charge in [-0.3, -0.25) is 19.8 Å². The standard InChI is InChI=1S/C10H14N2O5/c1-3-5-12(7-9(14)15)6-8(13)11-10(16)17-4-2/h1H,4-7H2,2H3,(H,14,15)(H,11,13,16). The molecule has 94 valence electrons. The van der Waals surface area contributed by atoms with E-state index in [1.54, 1.807) is 6.92 Å². The van der Waals surface area contributed by atoms with Crippen LogP contribution in [0.5, 0.6) is 0 Å². The number of rotatable bonds is 6. The van der Waals surface area contributed by atoms with Crippen molar-refractivity contribution in [3.8, 4) is 12.3 Å². The van der Waals surface area contributed by atoms with Gasteiger partial charge in [0.05, 0.1) is 26.2 Å². The van der Waals surface area contributed by atoms with Crippen LogP contribution in [0.1, 0.15) is 6.92 Å². The zero-order chi connectivity index (χ0) is 13.3. The van der Waals surface area contributed by atoms with Gasteiger partial charge in [-0.25, -0.2) is 4.79 Å². The second-order valence-corrected chi connectivity index (χ2v) is 3.01. The number of aliphatic carboxylic acids is 1. The number of amides is 2. The molecule has 7 heteroatoms. The summed E-state index contributed by atoms with van der Waals surface area (Å²) in [5.41, 5.74) is 0. The van der Waals surface area contributed by atoms with Crippen LogP contribution in [0.25, 0.3) is 0 Å². The first-order valence-corrected chi connectivity index (χ1v) is 4.83. The van der Waals surface area contributed by atoms with Crippen LogP contribution >= 0.6 is 0 Å². The number of nitrogens with zero attached hydrogens (tertiary/aromatic N) is 1. The number of hydrogen-bond acceptors (Lipinski definition) is 5. The molecule has 7 nitrogen and oxygen atoms in total. The molecule has 0 rings (SSSR count). The lowest BCUT2D eigenvalue weighted by Crippen LogP contribution is -2.42. The lowest BCUT2D eigenvalue weighted by atomic mass is 10.4. The predicted octanol–water partition coefficient (Wildman–Crippen LogP) is -0.721. The molecular formula is C10H14N2O5. The molecule has 0 atom stereocenters. The second kappa shape index (κ2) is 8.13. The van der Waals surface area contributed by atoms with Crippen LogP contribution in [0, 0.1) is 12.3 Å². The molecule has 0 aliphatic carbocycles. The number of hydrogen-bond donors (Lipinski definition) is 2. The molecule has 0 heterocycles. The van der Waals surface area contributed by atoms with E-state index < -0.39 is 18.0 Å². The van der Waals surface area contributed by atoms with Crippen molar-refractivity contribution in [2.45, 2.75) is 6.92 Å². The molecule has 0 aromatic rings. The van der Waals surface area contributed by atoms with E-state index in [1.807, 2.05) is 5.32 Å². The molecule has 0 aromatic carbocycles. The van der Waals surface area contributed by atoms with Crippen molar-refractivity contribution in [3.05, 3.63) is 0 Å². The molecule has 0 spiro atoms. The lowest BCUT2D eigenvalue weighted by Gasteiger charge is -2.16. The average Bonchev–Trinajstić information content (AvgIpc) is 2.16. The van der Waals surface area contributed by atoms with Crippen LogP contribution < -0.4 is 5.32 Å². The molecule has 17 heavy (non-hydrogen) atoms. The lowest BCUT2D eigenvalue weighted by molar-refractivity contribution is -0.138. The Morgan fingerprint density at radius 2 is 2.06 bits per heavy atom. The number of imide groups is 1. The molecule has 0 unspecified atom stereocenters. The van der Waals surface area contributed by atoms with Gasteiger partial charge in [0.25, 0.3) is 0 Å². The van der Waals surface area contributed by atoms with Gasteiger partial charge in [0, 0.05) is 0 Å². The first-order valence-electron chi connectivity index (χ1n) is 4.83. The zero-order valence-electron chi connectivity index (χ0n) is 9.43. The summed E-state index contributed by atoms with van der Waals surface area (Å²) in [4.78, 5) is 33.8. The van der Waals surface area contributed by atoms with Crippen molar-refractivity contribution in [3.63, 3.8) is 0 Å². The minimum absolute atomic E-state index is 0.00253. The Balaban J connectivity index is 4.16. The Morgan fingerprint density at radius 3 is 2.53 bits per heavy atom. The predicted molar refractivity (Wildman–Crippen MR) is 58.1 cm³/mol. The number of ether oxygens (including phenoxy) is 1. The van der Waals surface area contributed by atoms with E-state index in [1.165, 1.54) is 4.90 Å². The minimum Gasteiger partial charge on any atom is -0.480 e. The van der Waals surface area contributed by atoms with Crippen LogP contribution in [0.3, 0.4) is 0 Å². The summed E-state index contributed by atoms with van der Waals surface area (Å²) in [5.74, 6) is 0.449. The molecule has 2 N–H and O–H groups in total. The third kappa shape index (κ3) is 7.81. The van der Waals surface area contributed by atoms with Crippen LogP contribution in [0.2, 0.25) is 0 Å². The maximum Gasteiger partial charge on any atom is 0.413 e. The number of carbonyl (C=O) groups is 3. The van der Waals surface area contributed by atoms with Crippen molar-refractivity contribution < 1.29 is 24.2 Å². The van der Waals surface area contributed by atoms with Crippen LogP contribution in [-0.2, 0) is 14.3 Å². The molecule has 0 radical (unpaired) electrons. The van der Waals surface area contributed by atoms with Crippen LogP contribution in [-0.4, -0.2) is 54.2 Å². The molecule has 0 fully saturated rings. The average molecular weight is 242 g/mol. The second-order valence-electron chi connectivity index (χ2n) is 3.01. The summed E-state index contributed by atoms with van der Waals surface area (Å²) in [7, 11) is 0. The first-order chi connectivity index (χ1) is 7.99. The Hall–Kier alpha value is -2.07. The normalized spacial score (nSPS) is 9.47. The molecule has 0 aromatic heterocycles. The van der Waals surface area contributed by atoms with Crippen molar-refractivity contribution in [2.24, 2.45) is 0 Å². The molecular weight excluding hydrogens is 228 g/mol. The minimum atomic E-state index is -1.11. The van der Waals surface area contributed by atoms with Crippen LogP contribution in [0.4, 0.5) is 4.79 Å². The Morgan fingerprint density at radius 1 is 1.41 bits per heavy atom. The quantitative estimate of drug-likeness (QED) is 0.597. The van der Waals surface area contributed by atoms with E-state index in [9.17, 15) is 14.4 Å². The van der Waals surface area contributed by atoms with E-state index in [0.29, 0.717) is 0 Å². The van der Waals surface area contributed by atoms with Gasteiger partial charge in [-0.15, -0.1) is 6.42 Å². The number of alkyl carbamates (subject to hydrolysis) is 1. The topological polar surface area (TPSA) is 95.9 Å². The number of carboxylic acids is 1. The van der Waals surface area contributed by atoms with Gasteiger partial charge in [0.1, 0.15) is 0 Å². The fourth-order valence-corrected chi connectivity index (χ4v) is 1.01. The monoisotopic (exact) mass is 242 g/mol. The number of carboxylic acid groups (broad SMARTS) is 1. The summed E-state index contributed by atoms with van der Waals surface area (Å²) >= 11 is 0. The Labute approximate surface area is 98.7 Å². The number of carbonyl (C=O) groups excluding carboxylic acids is 2. The molecule has 0 aliphatic heterocycles. The third-order valence-corrected chi connectivity index (χ3v) is 1.56. The van der Waals surface area contributed by atoms with Gasteiger partial charge < -0.3 is 9.84 Å². The highest BCUT2D eigenvalue weighted by Gasteiger charge is 2.15. The van der Waals surface area contributed by atoms with E-state index in [-0.39, 0.29) is 26.2 Å². The molecule has 0 saturated heterocycles. The highest BCUT2D eigenvalue weighted by atomic mass is 16.5. The number of nitrogens with one attached hydrogen (secondary N) is 1. The smallest absolute Gasteiger partial charge is 0.413 e. The van der Waals surface area contributed by atoms with Gasteiger partial charge in [-0.2, -0.15) is 0 Å². The van der Waals surface area contributed by atoms with Gasteiger partial charge in [-0.1, -0.05) is 5.92 Å². The third-order valence-electron chi connectivity index (χ3n) is 1.56. The largest absolute Gasteiger partial charge is 0.480 e. The molecule has 0 bridgehead atoms. The van der Waals surface area contributed by atoms with E-state index >= 15 is 0 Å². The summed E-state index contributed by atoms with van der Waals surface area (Å²) in [5, 5.41) is 10.5. The van der Waals surface area contributed by atoms with Gasteiger partial charge in [-0.05, 0) is 6.92 Å². The zero-order valence-corrected chi connectivity index (χ0v) is 9.43. The fourth-order valence-electron chi connectivity index (χ4n) is 1.01. The highest BCUT2D eigenvalue weighted by Crippen LogP contribution is 1.88. The fraction of sp³-hybridized carbons (Fsp3) is 0.500. The summed E-state index contributed by atoms with van der Waals surface area (Å²) < 4.78 is 4.49. The Kier molecular flexibility index (Phi) is 7.14. The van der Waals surface area contributed by atoms with Gasteiger partial charge in [0.2, 0.25) is 5.91 Å². The van der Waals surface area contributed by atoms with Crippen molar-refractivity contribution in [2.75, 3.05) is 26.2 Å². The maximum absolute atomic E-state index is 11.3. The van der Waals surface area contributed by atoms with Crippen LogP contribution in [0.15, 0.2) is 0 Å². The highest BCUT2D eigenvalue weighted by molar-refractivity contribution is 5.93. The SMILES string of the molecule is C#CCN(CC(=O)O)CC(=O)NC(=O)OCC. The summed E-state index contributed by atoms with van der Waals surface area (Å²) in [6.07, 6.45) is 4.15. The maximum atomic E-state index is 11.3. The van der Waals surface area contributed by atoms with E-state index in [2.05, 4.69) is 10.7 Å². The summed E-state index contributed by atoms with van der Waals surface area (Å²) in [6, 6.07) is 0. The van der Waals surface area contributed by atoms with Crippen molar-refractivity contribution >= 4 is 18.0 Å². The van der Waals surface area contributed by atoms with E-state index in [4.69, 9.17) is 11.5 Å². The van der Waals surface area contributed by atoms with Crippen molar-refractivity contribution in [1.82, 2.24) is 10.2 Å². The molecule has 2 amide bonds. The van der Waals surface area contributed by atoms with Gasteiger partial charge >= 0.3 is 12.1 Å². The summed E-state index contributed by atoms with van der Waals surface area (Å²) in [6.45, 7) is 1.08. The Bertz CT molecular complexity index is 334. The number of terminal acetylenes is 1. The van der Waals surface area contributed by atoms with Gasteiger partial charge in [0.15, 0.2) is 0 Å². The van der Waals surface area contributed by atoms with E-state index in [0.717, 1.165) is 0 Å². The first kappa shape index (κ1) is 14.9.